The summed E-state index contributed by atoms with van der Waals surface area (Å²) in [6, 6.07) is 1.49. The minimum Gasteiger partial charge on any atom is -0.503 e. The number of nitrogens with zero attached hydrogens (tertiary/aromatic N) is 2. The summed E-state index contributed by atoms with van der Waals surface area (Å²) in [5.74, 6) is -0.154. The SMILES string of the molecule is CCCn1c(C)cc(=O)c(O)c1CN(CCOC)CCOC. The molecule has 0 aromatic carbocycles. The van der Waals surface area contributed by atoms with E-state index in [1.54, 1.807) is 14.2 Å². The standard InChI is InChI=1S/C16H28N2O4/c1-5-6-18-13(2)11-15(19)16(20)14(18)12-17(7-9-21-3)8-10-22-4/h11,20H,5-10,12H2,1-4H3. The molecule has 6 nitrogen and oxygen atoms in total. The summed E-state index contributed by atoms with van der Waals surface area (Å²) in [6.07, 6.45) is 0.937. The van der Waals surface area contributed by atoms with E-state index in [0.717, 1.165) is 18.7 Å². The number of aryl methyl sites for hydroxylation is 1. The molecule has 1 rings (SSSR count). The number of aromatic hydroxyl groups is 1. The smallest absolute Gasteiger partial charge is 0.223 e. The Hall–Kier alpha value is -1.37. The molecule has 0 saturated carbocycles. The Labute approximate surface area is 132 Å². The maximum Gasteiger partial charge on any atom is 0.223 e. The van der Waals surface area contributed by atoms with Crippen LogP contribution in [0.2, 0.25) is 0 Å². The van der Waals surface area contributed by atoms with Crippen LogP contribution in [-0.4, -0.2) is 55.1 Å². The van der Waals surface area contributed by atoms with E-state index >= 15 is 0 Å². The molecule has 0 bridgehead atoms. The zero-order chi connectivity index (χ0) is 16.5. The van der Waals surface area contributed by atoms with Gasteiger partial charge in [-0.2, -0.15) is 0 Å². The molecule has 0 saturated heterocycles. The van der Waals surface area contributed by atoms with Crippen LogP contribution in [0.1, 0.15) is 24.7 Å². The van der Waals surface area contributed by atoms with Gasteiger partial charge in [0.15, 0.2) is 5.75 Å². The lowest BCUT2D eigenvalue weighted by Gasteiger charge is -2.25. The number of methoxy groups -OCH3 is 2. The molecule has 1 heterocycles. The van der Waals surface area contributed by atoms with Crippen molar-refractivity contribution in [3.05, 3.63) is 27.7 Å². The number of pyridine rings is 1. The molecular weight excluding hydrogens is 284 g/mol. The van der Waals surface area contributed by atoms with Crippen LogP contribution in [0.15, 0.2) is 10.9 Å². The zero-order valence-corrected chi connectivity index (χ0v) is 14.1. The van der Waals surface area contributed by atoms with Crippen LogP contribution in [0.5, 0.6) is 5.75 Å². The maximum atomic E-state index is 11.9. The minimum absolute atomic E-state index is 0.154. The largest absolute Gasteiger partial charge is 0.503 e. The monoisotopic (exact) mass is 312 g/mol. The van der Waals surface area contributed by atoms with Crippen molar-refractivity contribution >= 4 is 0 Å². The lowest BCUT2D eigenvalue weighted by atomic mass is 10.2. The van der Waals surface area contributed by atoms with Crippen LogP contribution < -0.4 is 5.43 Å². The van der Waals surface area contributed by atoms with Crippen LogP contribution in [0.3, 0.4) is 0 Å². The number of hydrogen-bond acceptors (Lipinski definition) is 5. The van der Waals surface area contributed by atoms with Crippen molar-refractivity contribution in [2.45, 2.75) is 33.4 Å². The Morgan fingerprint density at radius 2 is 1.82 bits per heavy atom. The van der Waals surface area contributed by atoms with Gasteiger partial charge in [0.05, 0.1) is 18.9 Å². The van der Waals surface area contributed by atoms with Gasteiger partial charge >= 0.3 is 0 Å². The average molecular weight is 312 g/mol. The molecule has 1 N–H and O–H groups in total. The van der Waals surface area contributed by atoms with Crippen molar-refractivity contribution in [1.82, 2.24) is 9.47 Å². The predicted octanol–water partition coefficient (Wildman–Crippen LogP) is 1.37. The van der Waals surface area contributed by atoms with E-state index < -0.39 is 0 Å². The Balaban J connectivity index is 3.07. The molecule has 0 fully saturated rings. The predicted molar refractivity (Wildman–Crippen MR) is 86.4 cm³/mol. The van der Waals surface area contributed by atoms with Crippen molar-refractivity contribution in [1.29, 1.82) is 0 Å². The van der Waals surface area contributed by atoms with Crippen LogP contribution in [0.4, 0.5) is 0 Å². The molecule has 6 heteroatoms. The van der Waals surface area contributed by atoms with E-state index in [0.29, 0.717) is 38.5 Å². The third kappa shape index (κ3) is 5.12. The molecule has 0 unspecified atom stereocenters. The summed E-state index contributed by atoms with van der Waals surface area (Å²) >= 11 is 0. The van der Waals surface area contributed by atoms with Crippen molar-refractivity contribution in [3.63, 3.8) is 0 Å². The van der Waals surface area contributed by atoms with Gasteiger partial charge in [0.2, 0.25) is 5.43 Å². The fourth-order valence-corrected chi connectivity index (χ4v) is 2.44. The lowest BCUT2D eigenvalue weighted by molar-refractivity contribution is 0.108. The Bertz CT molecular complexity index is 506. The van der Waals surface area contributed by atoms with Gasteiger partial charge in [-0.05, 0) is 13.3 Å². The molecule has 0 aliphatic rings. The molecule has 126 valence electrons. The zero-order valence-electron chi connectivity index (χ0n) is 14.1. The number of rotatable bonds is 10. The summed E-state index contributed by atoms with van der Waals surface area (Å²) in [5, 5.41) is 10.2. The van der Waals surface area contributed by atoms with E-state index in [9.17, 15) is 9.90 Å². The Morgan fingerprint density at radius 3 is 2.32 bits per heavy atom. The summed E-state index contributed by atoms with van der Waals surface area (Å²) in [6.45, 7) is 7.86. The number of ether oxygens (including phenoxy) is 2. The summed E-state index contributed by atoms with van der Waals surface area (Å²) in [5.41, 5.74) is 1.22. The van der Waals surface area contributed by atoms with Gasteiger partial charge in [-0.3, -0.25) is 9.69 Å². The molecule has 1 aromatic rings. The second kappa shape index (κ2) is 9.61. The van der Waals surface area contributed by atoms with Gasteiger partial charge in [-0.1, -0.05) is 6.92 Å². The summed E-state index contributed by atoms with van der Waals surface area (Å²) < 4.78 is 12.3. The van der Waals surface area contributed by atoms with Crippen LogP contribution in [0.25, 0.3) is 0 Å². The molecule has 0 amide bonds. The van der Waals surface area contributed by atoms with E-state index in [1.807, 2.05) is 11.5 Å². The molecule has 22 heavy (non-hydrogen) atoms. The van der Waals surface area contributed by atoms with Gasteiger partial charge < -0.3 is 19.1 Å². The highest BCUT2D eigenvalue weighted by atomic mass is 16.5. The summed E-state index contributed by atoms with van der Waals surface area (Å²) in [7, 11) is 3.32. The highest BCUT2D eigenvalue weighted by Crippen LogP contribution is 2.17. The summed E-state index contributed by atoms with van der Waals surface area (Å²) in [4.78, 5) is 14.0. The van der Waals surface area contributed by atoms with Crippen LogP contribution in [0, 0.1) is 6.92 Å². The number of hydrogen-bond donors (Lipinski definition) is 1. The maximum absolute atomic E-state index is 11.9. The Morgan fingerprint density at radius 1 is 1.23 bits per heavy atom. The second-order valence-corrected chi connectivity index (χ2v) is 5.36. The van der Waals surface area contributed by atoms with E-state index in [-0.39, 0.29) is 11.2 Å². The van der Waals surface area contributed by atoms with Gasteiger partial charge in [0.25, 0.3) is 0 Å². The third-order valence-corrected chi connectivity index (χ3v) is 3.64. The lowest BCUT2D eigenvalue weighted by Crippen LogP contribution is -2.32. The molecule has 0 spiro atoms. The highest BCUT2D eigenvalue weighted by molar-refractivity contribution is 5.29. The van der Waals surface area contributed by atoms with Crippen LogP contribution in [-0.2, 0) is 22.6 Å². The van der Waals surface area contributed by atoms with Gasteiger partial charge in [-0.15, -0.1) is 0 Å². The van der Waals surface area contributed by atoms with Gasteiger partial charge in [-0.25, -0.2) is 0 Å². The Kier molecular flexibility index (Phi) is 8.16. The topological polar surface area (TPSA) is 63.9 Å². The normalized spacial score (nSPS) is 11.3. The molecule has 1 aromatic heterocycles. The molecule has 0 aliphatic carbocycles. The first kappa shape index (κ1) is 18.7. The first-order chi connectivity index (χ1) is 10.5. The van der Waals surface area contributed by atoms with Crippen molar-refractivity contribution < 1.29 is 14.6 Å². The highest BCUT2D eigenvalue weighted by Gasteiger charge is 2.16. The van der Waals surface area contributed by atoms with Gasteiger partial charge in [0, 0.05) is 52.2 Å². The molecule has 0 radical (unpaired) electrons. The van der Waals surface area contributed by atoms with E-state index in [2.05, 4.69) is 11.8 Å². The minimum atomic E-state index is -0.321. The van der Waals surface area contributed by atoms with Gasteiger partial charge in [0.1, 0.15) is 0 Å². The third-order valence-electron chi connectivity index (χ3n) is 3.64. The van der Waals surface area contributed by atoms with Crippen LogP contribution >= 0.6 is 0 Å². The first-order valence-electron chi connectivity index (χ1n) is 7.67. The van der Waals surface area contributed by atoms with E-state index in [4.69, 9.17) is 9.47 Å². The fourth-order valence-electron chi connectivity index (χ4n) is 2.44. The first-order valence-corrected chi connectivity index (χ1v) is 7.67. The van der Waals surface area contributed by atoms with Crippen molar-refractivity contribution in [3.8, 4) is 5.75 Å². The fraction of sp³-hybridized carbons (Fsp3) is 0.688. The quantitative estimate of drug-likeness (QED) is 0.707. The average Bonchev–Trinajstić information content (AvgIpc) is 2.50. The molecular formula is C16H28N2O4. The van der Waals surface area contributed by atoms with Crippen molar-refractivity contribution in [2.24, 2.45) is 0 Å². The van der Waals surface area contributed by atoms with E-state index in [1.165, 1.54) is 6.07 Å². The number of aromatic nitrogens is 1. The van der Waals surface area contributed by atoms with Crippen molar-refractivity contribution in [2.75, 3.05) is 40.5 Å². The molecule has 0 aliphatic heterocycles. The molecule has 0 atom stereocenters. The second-order valence-electron chi connectivity index (χ2n) is 5.36.